The standard InChI is InChI=1S/C19H30N2O3/c1-4-13-23-15-17-14-16(7-8-18(17)24-6-3)19(22)21-11-9-20(5-2)10-12-21/h7-8,14H,4-6,9-13,15H2,1-3H3. The van der Waals surface area contributed by atoms with Crippen LogP contribution in [-0.4, -0.2) is 61.6 Å². The Balaban J connectivity index is 2.08. The molecule has 2 rings (SSSR count). The van der Waals surface area contributed by atoms with E-state index in [4.69, 9.17) is 9.47 Å². The summed E-state index contributed by atoms with van der Waals surface area (Å²) in [6.45, 7) is 12.5. The van der Waals surface area contributed by atoms with Crippen LogP contribution in [-0.2, 0) is 11.3 Å². The van der Waals surface area contributed by atoms with E-state index in [1.54, 1.807) is 0 Å². The van der Waals surface area contributed by atoms with E-state index in [0.29, 0.717) is 19.8 Å². The van der Waals surface area contributed by atoms with Crippen molar-refractivity contribution in [1.82, 2.24) is 9.80 Å². The number of ether oxygens (including phenoxy) is 2. The van der Waals surface area contributed by atoms with Crippen LogP contribution in [0.3, 0.4) is 0 Å². The van der Waals surface area contributed by atoms with Crippen LogP contribution < -0.4 is 4.74 Å². The highest BCUT2D eigenvalue weighted by Gasteiger charge is 2.22. The number of hydrogen-bond donors (Lipinski definition) is 0. The fraction of sp³-hybridized carbons (Fsp3) is 0.632. The Kier molecular flexibility index (Phi) is 7.53. The molecule has 1 aromatic rings. The van der Waals surface area contributed by atoms with Gasteiger partial charge < -0.3 is 19.3 Å². The van der Waals surface area contributed by atoms with Gasteiger partial charge in [-0.1, -0.05) is 13.8 Å². The van der Waals surface area contributed by atoms with Crippen LogP contribution in [0.15, 0.2) is 18.2 Å². The lowest BCUT2D eigenvalue weighted by molar-refractivity contribution is 0.0643. The third-order valence-corrected chi connectivity index (χ3v) is 4.32. The first-order valence-corrected chi connectivity index (χ1v) is 9.04. The molecule has 1 heterocycles. The van der Waals surface area contributed by atoms with Crippen molar-refractivity contribution in [3.05, 3.63) is 29.3 Å². The van der Waals surface area contributed by atoms with E-state index in [2.05, 4.69) is 18.7 Å². The smallest absolute Gasteiger partial charge is 0.253 e. The van der Waals surface area contributed by atoms with Crippen LogP contribution in [0.5, 0.6) is 5.75 Å². The molecule has 0 N–H and O–H groups in total. The Labute approximate surface area is 145 Å². The molecule has 24 heavy (non-hydrogen) atoms. The van der Waals surface area contributed by atoms with E-state index in [1.165, 1.54) is 0 Å². The summed E-state index contributed by atoms with van der Waals surface area (Å²) in [6.07, 6.45) is 0.976. The molecule has 134 valence electrons. The van der Waals surface area contributed by atoms with E-state index < -0.39 is 0 Å². The van der Waals surface area contributed by atoms with Crippen molar-refractivity contribution in [1.29, 1.82) is 0 Å². The highest BCUT2D eigenvalue weighted by atomic mass is 16.5. The van der Waals surface area contributed by atoms with E-state index in [0.717, 1.165) is 56.0 Å². The molecule has 0 aliphatic carbocycles. The highest BCUT2D eigenvalue weighted by Crippen LogP contribution is 2.22. The van der Waals surface area contributed by atoms with Crippen molar-refractivity contribution in [3.8, 4) is 5.75 Å². The van der Waals surface area contributed by atoms with Gasteiger partial charge in [0.1, 0.15) is 5.75 Å². The van der Waals surface area contributed by atoms with Crippen LogP contribution >= 0.6 is 0 Å². The number of carbonyl (C=O) groups is 1. The number of carbonyl (C=O) groups excluding carboxylic acids is 1. The van der Waals surface area contributed by atoms with E-state index in [-0.39, 0.29) is 5.91 Å². The summed E-state index contributed by atoms with van der Waals surface area (Å²) in [4.78, 5) is 17.1. The van der Waals surface area contributed by atoms with Gasteiger partial charge in [-0.25, -0.2) is 0 Å². The summed E-state index contributed by atoms with van der Waals surface area (Å²) in [6, 6.07) is 5.68. The predicted octanol–water partition coefficient (Wildman–Crippen LogP) is 2.79. The van der Waals surface area contributed by atoms with Crippen LogP contribution in [0.25, 0.3) is 0 Å². The summed E-state index contributed by atoms with van der Waals surface area (Å²) >= 11 is 0. The number of hydrogen-bond acceptors (Lipinski definition) is 4. The number of benzene rings is 1. The lowest BCUT2D eigenvalue weighted by atomic mass is 10.1. The van der Waals surface area contributed by atoms with Crippen molar-refractivity contribution < 1.29 is 14.3 Å². The molecule has 0 bridgehead atoms. The first-order valence-electron chi connectivity index (χ1n) is 9.04. The molecule has 0 spiro atoms. The minimum absolute atomic E-state index is 0.102. The third-order valence-electron chi connectivity index (χ3n) is 4.32. The Morgan fingerprint density at radius 1 is 1.12 bits per heavy atom. The zero-order valence-corrected chi connectivity index (χ0v) is 15.2. The molecule has 5 heteroatoms. The number of likely N-dealkylation sites (N-methyl/N-ethyl adjacent to an activating group) is 1. The monoisotopic (exact) mass is 334 g/mol. The molecule has 1 saturated heterocycles. The van der Waals surface area contributed by atoms with Crippen molar-refractivity contribution in [3.63, 3.8) is 0 Å². The summed E-state index contributed by atoms with van der Waals surface area (Å²) in [5.41, 5.74) is 1.67. The lowest BCUT2D eigenvalue weighted by Gasteiger charge is -2.34. The highest BCUT2D eigenvalue weighted by molar-refractivity contribution is 5.94. The quantitative estimate of drug-likeness (QED) is 0.686. The van der Waals surface area contributed by atoms with Gasteiger partial charge in [-0.2, -0.15) is 0 Å². The number of amides is 1. The van der Waals surface area contributed by atoms with Gasteiger partial charge >= 0.3 is 0 Å². The molecule has 1 amide bonds. The SMILES string of the molecule is CCCOCc1cc(C(=O)N2CCN(CC)CC2)ccc1OCC. The molecule has 1 aromatic carbocycles. The average Bonchev–Trinajstić information content (AvgIpc) is 2.63. The maximum atomic E-state index is 12.8. The normalized spacial score (nSPS) is 15.5. The largest absolute Gasteiger partial charge is 0.494 e. The Morgan fingerprint density at radius 3 is 2.50 bits per heavy atom. The zero-order chi connectivity index (χ0) is 17.4. The van der Waals surface area contributed by atoms with Gasteiger partial charge in [-0.15, -0.1) is 0 Å². The first-order chi connectivity index (χ1) is 11.7. The second-order valence-electron chi connectivity index (χ2n) is 6.03. The molecule has 0 atom stereocenters. The van der Waals surface area contributed by atoms with E-state index >= 15 is 0 Å². The summed E-state index contributed by atoms with van der Waals surface area (Å²) < 4.78 is 11.3. The number of rotatable bonds is 8. The van der Waals surface area contributed by atoms with Crippen molar-refractivity contribution in [2.75, 3.05) is 45.9 Å². The first kappa shape index (κ1) is 18.7. The molecule has 5 nitrogen and oxygen atoms in total. The molecule has 0 radical (unpaired) electrons. The molecule has 1 aliphatic heterocycles. The maximum absolute atomic E-state index is 12.8. The fourth-order valence-electron chi connectivity index (χ4n) is 2.90. The summed E-state index contributed by atoms with van der Waals surface area (Å²) in [5.74, 6) is 0.909. The van der Waals surface area contributed by atoms with Gasteiger partial charge in [0.05, 0.1) is 13.2 Å². The minimum Gasteiger partial charge on any atom is -0.494 e. The summed E-state index contributed by atoms with van der Waals surface area (Å²) in [7, 11) is 0. The number of nitrogens with zero attached hydrogens (tertiary/aromatic N) is 2. The van der Waals surface area contributed by atoms with Gasteiger partial charge in [-0.05, 0) is 38.1 Å². The van der Waals surface area contributed by atoms with Gasteiger partial charge in [0.2, 0.25) is 0 Å². The van der Waals surface area contributed by atoms with Crippen molar-refractivity contribution >= 4 is 5.91 Å². The minimum atomic E-state index is 0.102. The Hall–Kier alpha value is -1.59. The van der Waals surface area contributed by atoms with Crippen LogP contribution in [0.2, 0.25) is 0 Å². The molecule has 0 aromatic heterocycles. The Morgan fingerprint density at radius 2 is 1.88 bits per heavy atom. The second kappa shape index (κ2) is 9.64. The lowest BCUT2D eigenvalue weighted by Crippen LogP contribution is -2.48. The third kappa shape index (κ3) is 4.95. The summed E-state index contributed by atoms with van der Waals surface area (Å²) in [5, 5.41) is 0. The predicted molar refractivity (Wildman–Crippen MR) is 95.6 cm³/mol. The van der Waals surface area contributed by atoms with E-state index in [1.807, 2.05) is 30.0 Å². The van der Waals surface area contributed by atoms with Crippen LogP contribution in [0.4, 0.5) is 0 Å². The second-order valence-corrected chi connectivity index (χ2v) is 6.03. The molecular formula is C19H30N2O3. The average molecular weight is 334 g/mol. The van der Waals surface area contributed by atoms with Gasteiger partial charge in [0.25, 0.3) is 5.91 Å². The molecule has 0 unspecified atom stereocenters. The maximum Gasteiger partial charge on any atom is 0.253 e. The zero-order valence-electron chi connectivity index (χ0n) is 15.2. The van der Waals surface area contributed by atoms with E-state index in [9.17, 15) is 4.79 Å². The molecule has 0 saturated carbocycles. The van der Waals surface area contributed by atoms with Crippen LogP contribution in [0.1, 0.15) is 43.1 Å². The topological polar surface area (TPSA) is 42.0 Å². The molecule has 1 fully saturated rings. The fourth-order valence-corrected chi connectivity index (χ4v) is 2.90. The molecule has 1 aliphatic rings. The van der Waals surface area contributed by atoms with Gasteiger partial charge in [-0.3, -0.25) is 4.79 Å². The molecular weight excluding hydrogens is 304 g/mol. The van der Waals surface area contributed by atoms with Crippen LogP contribution in [0, 0.1) is 0 Å². The van der Waals surface area contributed by atoms with Crippen molar-refractivity contribution in [2.24, 2.45) is 0 Å². The van der Waals surface area contributed by atoms with Crippen molar-refractivity contribution in [2.45, 2.75) is 33.8 Å². The number of piperazine rings is 1. The Bertz CT molecular complexity index is 525. The van der Waals surface area contributed by atoms with Gasteiger partial charge in [0.15, 0.2) is 0 Å². The van der Waals surface area contributed by atoms with Gasteiger partial charge in [0, 0.05) is 43.9 Å².